The standard InChI is InChI=1S/C19H22ClN3O2/c1-23(2)13-17(14-7-4-3-5-8-14)22-18(24)12-21-19(25)15-9-6-10-16(20)11-15/h3-11,17H,12-13H2,1-2H3,(H,21,25)(H,22,24). The van der Waals surface area contributed by atoms with E-state index in [0.29, 0.717) is 17.1 Å². The molecule has 6 heteroatoms. The number of likely N-dealkylation sites (N-methyl/N-ethyl adjacent to an activating group) is 1. The summed E-state index contributed by atoms with van der Waals surface area (Å²) in [5.74, 6) is -0.576. The molecule has 0 bridgehead atoms. The van der Waals surface area contributed by atoms with Gasteiger partial charge in [-0.2, -0.15) is 0 Å². The van der Waals surface area contributed by atoms with Crippen molar-refractivity contribution in [3.05, 3.63) is 70.7 Å². The summed E-state index contributed by atoms with van der Waals surface area (Å²) in [5.41, 5.74) is 1.44. The van der Waals surface area contributed by atoms with Crippen LogP contribution < -0.4 is 10.6 Å². The summed E-state index contributed by atoms with van der Waals surface area (Å²) < 4.78 is 0. The molecule has 0 saturated carbocycles. The zero-order chi connectivity index (χ0) is 18.2. The Morgan fingerprint density at radius 3 is 2.44 bits per heavy atom. The fraction of sp³-hybridized carbons (Fsp3) is 0.263. The minimum Gasteiger partial charge on any atom is -0.346 e. The van der Waals surface area contributed by atoms with Gasteiger partial charge in [-0.1, -0.05) is 48.0 Å². The quantitative estimate of drug-likeness (QED) is 0.798. The van der Waals surface area contributed by atoms with Crippen LogP contribution >= 0.6 is 11.6 Å². The maximum absolute atomic E-state index is 12.2. The molecule has 5 nitrogen and oxygen atoms in total. The molecule has 132 valence electrons. The molecule has 0 radical (unpaired) electrons. The van der Waals surface area contributed by atoms with E-state index in [1.807, 2.05) is 49.3 Å². The first-order valence-electron chi connectivity index (χ1n) is 7.98. The van der Waals surface area contributed by atoms with E-state index in [0.717, 1.165) is 5.56 Å². The van der Waals surface area contributed by atoms with Gasteiger partial charge in [0.2, 0.25) is 5.91 Å². The van der Waals surface area contributed by atoms with E-state index < -0.39 is 0 Å². The van der Waals surface area contributed by atoms with E-state index in [2.05, 4.69) is 10.6 Å². The third-order valence-corrected chi connectivity index (χ3v) is 3.82. The molecule has 2 amide bonds. The summed E-state index contributed by atoms with van der Waals surface area (Å²) in [4.78, 5) is 26.3. The van der Waals surface area contributed by atoms with Crippen molar-refractivity contribution in [2.75, 3.05) is 27.2 Å². The molecule has 0 aliphatic carbocycles. The molecule has 2 aromatic carbocycles. The summed E-state index contributed by atoms with van der Waals surface area (Å²) in [5, 5.41) is 6.05. The van der Waals surface area contributed by atoms with Gasteiger partial charge in [0.15, 0.2) is 0 Å². The average Bonchev–Trinajstić information content (AvgIpc) is 2.59. The number of nitrogens with zero attached hydrogens (tertiary/aromatic N) is 1. The van der Waals surface area contributed by atoms with Crippen LogP contribution in [0.25, 0.3) is 0 Å². The third kappa shape index (κ3) is 6.21. The normalized spacial score (nSPS) is 11.8. The fourth-order valence-electron chi connectivity index (χ4n) is 2.42. The summed E-state index contributed by atoms with van der Waals surface area (Å²) in [7, 11) is 3.89. The Morgan fingerprint density at radius 1 is 1.08 bits per heavy atom. The number of amides is 2. The van der Waals surface area contributed by atoms with E-state index in [9.17, 15) is 9.59 Å². The number of carbonyl (C=O) groups excluding carboxylic acids is 2. The number of benzene rings is 2. The molecule has 1 unspecified atom stereocenters. The highest BCUT2D eigenvalue weighted by atomic mass is 35.5. The molecule has 2 N–H and O–H groups in total. The van der Waals surface area contributed by atoms with Crippen LogP contribution in [0, 0.1) is 0 Å². The Labute approximate surface area is 153 Å². The summed E-state index contributed by atoms with van der Waals surface area (Å²) >= 11 is 5.87. The number of carbonyl (C=O) groups is 2. The minimum absolute atomic E-state index is 0.0951. The minimum atomic E-state index is -0.332. The molecule has 1 atom stereocenters. The Kier molecular flexibility index (Phi) is 6.98. The van der Waals surface area contributed by atoms with Crippen LogP contribution in [-0.2, 0) is 4.79 Å². The molecule has 0 aliphatic heterocycles. The lowest BCUT2D eigenvalue weighted by atomic mass is 10.1. The van der Waals surface area contributed by atoms with Crippen LogP contribution in [0.3, 0.4) is 0 Å². The van der Waals surface area contributed by atoms with Crippen molar-refractivity contribution >= 4 is 23.4 Å². The smallest absolute Gasteiger partial charge is 0.251 e. The van der Waals surface area contributed by atoms with Gasteiger partial charge in [-0.05, 0) is 37.9 Å². The largest absolute Gasteiger partial charge is 0.346 e. The summed E-state index contributed by atoms with van der Waals surface area (Å²) in [6.07, 6.45) is 0. The highest BCUT2D eigenvalue weighted by Gasteiger charge is 2.16. The zero-order valence-corrected chi connectivity index (χ0v) is 15.1. The molecular formula is C19H22ClN3O2. The first-order valence-corrected chi connectivity index (χ1v) is 8.36. The highest BCUT2D eigenvalue weighted by Crippen LogP contribution is 2.13. The van der Waals surface area contributed by atoms with Gasteiger partial charge in [0.05, 0.1) is 12.6 Å². The van der Waals surface area contributed by atoms with Crippen molar-refractivity contribution in [2.24, 2.45) is 0 Å². The highest BCUT2D eigenvalue weighted by molar-refractivity contribution is 6.30. The Bertz CT molecular complexity index is 720. The number of halogens is 1. The van der Waals surface area contributed by atoms with Crippen LogP contribution in [0.1, 0.15) is 22.0 Å². The number of hydrogen-bond acceptors (Lipinski definition) is 3. The lowest BCUT2D eigenvalue weighted by Crippen LogP contribution is -2.41. The monoisotopic (exact) mass is 359 g/mol. The van der Waals surface area contributed by atoms with Gasteiger partial charge in [-0.25, -0.2) is 0 Å². The maximum atomic E-state index is 12.2. The summed E-state index contributed by atoms with van der Waals surface area (Å²) in [6, 6.07) is 16.2. The van der Waals surface area contributed by atoms with E-state index in [-0.39, 0.29) is 24.4 Å². The molecular weight excluding hydrogens is 338 g/mol. The van der Waals surface area contributed by atoms with Crippen molar-refractivity contribution in [1.82, 2.24) is 15.5 Å². The molecule has 0 spiro atoms. The molecule has 25 heavy (non-hydrogen) atoms. The molecule has 2 rings (SSSR count). The topological polar surface area (TPSA) is 61.4 Å². The molecule has 0 fully saturated rings. The van der Waals surface area contributed by atoms with Crippen molar-refractivity contribution in [3.63, 3.8) is 0 Å². The first kappa shape index (κ1) is 19.0. The Balaban J connectivity index is 1.93. The molecule has 0 saturated heterocycles. The Hall–Kier alpha value is -2.37. The van der Waals surface area contributed by atoms with Crippen molar-refractivity contribution in [3.8, 4) is 0 Å². The zero-order valence-electron chi connectivity index (χ0n) is 14.3. The van der Waals surface area contributed by atoms with Crippen molar-refractivity contribution in [2.45, 2.75) is 6.04 Å². The predicted molar refractivity (Wildman–Crippen MR) is 99.7 cm³/mol. The van der Waals surface area contributed by atoms with Gasteiger partial charge >= 0.3 is 0 Å². The van der Waals surface area contributed by atoms with Crippen LogP contribution in [0.5, 0.6) is 0 Å². The SMILES string of the molecule is CN(C)CC(NC(=O)CNC(=O)c1cccc(Cl)c1)c1ccccc1. The third-order valence-electron chi connectivity index (χ3n) is 3.58. The molecule has 0 aromatic heterocycles. The first-order chi connectivity index (χ1) is 12.0. The molecule has 0 aliphatic rings. The van der Waals surface area contributed by atoms with Crippen LogP contribution in [0.15, 0.2) is 54.6 Å². The van der Waals surface area contributed by atoms with Crippen molar-refractivity contribution < 1.29 is 9.59 Å². The van der Waals surface area contributed by atoms with E-state index in [1.54, 1.807) is 24.3 Å². The van der Waals surface area contributed by atoms with Gasteiger partial charge in [0.1, 0.15) is 0 Å². The van der Waals surface area contributed by atoms with E-state index in [1.165, 1.54) is 0 Å². The average molecular weight is 360 g/mol. The van der Waals surface area contributed by atoms with Crippen molar-refractivity contribution in [1.29, 1.82) is 0 Å². The second-order valence-electron chi connectivity index (χ2n) is 5.99. The molecule has 0 heterocycles. The lowest BCUT2D eigenvalue weighted by molar-refractivity contribution is -0.121. The fourth-order valence-corrected chi connectivity index (χ4v) is 2.61. The second-order valence-corrected chi connectivity index (χ2v) is 6.42. The predicted octanol–water partition coefficient (Wildman–Crippen LogP) is 2.49. The van der Waals surface area contributed by atoms with Gasteiger partial charge in [-0.15, -0.1) is 0 Å². The van der Waals surface area contributed by atoms with E-state index in [4.69, 9.17) is 11.6 Å². The van der Waals surface area contributed by atoms with E-state index >= 15 is 0 Å². The van der Waals surface area contributed by atoms with Crippen LogP contribution in [0.4, 0.5) is 0 Å². The number of hydrogen-bond donors (Lipinski definition) is 2. The van der Waals surface area contributed by atoms with Gasteiger partial charge in [-0.3, -0.25) is 9.59 Å². The number of rotatable bonds is 7. The summed E-state index contributed by atoms with van der Waals surface area (Å²) in [6.45, 7) is 0.570. The maximum Gasteiger partial charge on any atom is 0.251 e. The number of nitrogens with one attached hydrogen (secondary N) is 2. The molecule has 2 aromatic rings. The van der Waals surface area contributed by atoms with Gasteiger partial charge < -0.3 is 15.5 Å². The lowest BCUT2D eigenvalue weighted by Gasteiger charge is -2.23. The van der Waals surface area contributed by atoms with Crippen LogP contribution in [-0.4, -0.2) is 43.9 Å². The Morgan fingerprint density at radius 2 is 1.80 bits per heavy atom. The van der Waals surface area contributed by atoms with Gasteiger partial charge in [0, 0.05) is 17.1 Å². The van der Waals surface area contributed by atoms with Gasteiger partial charge in [0.25, 0.3) is 5.91 Å². The second kappa shape index (κ2) is 9.20. The van der Waals surface area contributed by atoms with Crippen LogP contribution in [0.2, 0.25) is 5.02 Å².